The van der Waals surface area contributed by atoms with Gasteiger partial charge in [0.2, 0.25) is 0 Å². The number of rotatable bonds is 3. The Labute approximate surface area is 78.3 Å². The molecule has 0 spiro atoms. The predicted octanol–water partition coefficient (Wildman–Crippen LogP) is 1.15. The smallest absolute Gasteiger partial charge is 0.322 e. The molecule has 0 heterocycles. The summed E-state index contributed by atoms with van der Waals surface area (Å²) in [6.45, 7) is 0. The molecule has 13 heavy (non-hydrogen) atoms. The highest BCUT2D eigenvalue weighted by molar-refractivity contribution is 5.75. The Morgan fingerprint density at radius 1 is 1.69 bits per heavy atom. The van der Waals surface area contributed by atoms with E-state index < -0.39 is 6.04 Å². The fraction of sp³-hybridized carbons (Fsp3) is 0.500. The van der Waals surface area contributed by atoms with Gasteiger partial charge >= 0.3 is 5.97 Å². The molecule has 3 nitrogen and oxygen atoms in total. The first-order valence-electron chi connectivity index (χ1n) is 4.43. The van der Waals surface area contributed by atoms with Crippen LogP contribution in [0.5, 0.6) is 0 Å². The van der Waals surface area contributed by atoms with Gasteiger partial charge in [0.25, 0.3) is 0 Å². The molecule has 1 rings (SSSR count). The fourth-order valence-corrected chi connectivity index (χ4v) is 1.31. The van der Waals surface area contributed by atoms with Crippen LogP contribution in [0, 0.1) is 0 Å². The van der Waals surface area contributed by atoms with Gasteiger partial charge in [-0.3, -0.25) is 4.79 Å². The van der Waals surface area contributed by atoms with Crippen molar-refractivity contribution in [3.05, 3.63) is 23.8 Å². The first-order valence-corrected chi connectivity index (χ1v) is 4.43. The average molecular weight is 181 g/mol. The average Bonchev–Trinajstić information content (AvgIpc) is 2.18. The second kappa shape index (κ2) is 4.82. The quantitative estimate of drug-likeness (QED) is 0.664. The number of esters is 1. The van der Waals surface area contributed by atoms with Gasteiger partial charge in [-0.15, -0.1) is 0 Å². The Morgan fingerprint density at radius 3 is 3.00 bits per heavy atom. The molecule has 0 amide bonds. The van der Waals surface area contributed by atoms with E-state index in [2.05, 4.69) is 16.9 Å². The number of allylic oxidation sites excluding steroid dienone is 3. The summed E-state index contributed by atoms with van der Waals surface area (Å²) >= 11 is 0. The second-order valence-corrected chi connectivity index (χ2v) is 3.09. The van der Waals surface area contributed by atoms with Crippen LogP contribution in [0.2, 0.25) is 0 Å². The summed E-state index contributed by atoms with van der Waals surface area (Å²) in [4.78, 5) is 11.0. The Bertz CT molecular complexity index is 243. The van der Waals surface area contributed by atoms with Crippen molar-refractivity contribution in [2.45, 2.75) is 25.3 Å². The van der Waals surface area contributed by atoms with E-state index in [0.29, 0.717) is 6.42 Å². The number of hydrogen-bond donors (Lipinski definition) is 1. The molecule has 1 aliphatic rings. The van der Waals surface area contributed by atoms with Crippen molar-refractivity contribution in [1.82, 2.24) is 0 Å². The van der Waals surface area contributed by atoms with Gasteiger partial charge in [-0.05, 0) is 19.3 Å². The molecule has 0 aliphatic heterocycles. The molecule has 0 radical (unpaired) electrons. The largest absolute Gasteiger partial charge is 0.468 e. The topological polar surface area (TPSA) is 52.3 Å². The van der Waals surface area contributed by atoms with E-state index in [9.17, 15) is 4.79 Å². The van der Waals surface area contributed by atoms with Gasteiger partial charge in [-0.1, -0.05) is 23.8 Å². The maximum absolute atomic E-state index is 11.0. The van der Waals surface area contributed by atoms with Crippen molar-refractivity contribution >= 4 is 5.97 Å². The lowest BCUT2D eigenvalue weighted by atomic mass is 10.0. The van der Waals surface area contributed by atoms with Crippen LogP contribution in [-0.4, -0.2) is 19.1 Å². The summed E-state index contributed by atoms with van der Waals surface area (Å²) in [5.74, 6) is -0.347. The van der Waals surface area contributed by atoms with Crippen molar-refractivity contribution in [3.8, 4) is 0 Å². The van der Waals surface area contributed by atoms with Crippen LogP contribution in [0.1, 0.15) is 19.3 Å². The molecule has 0 aromatic carbocycles. The first kappa shape index (κ1) is 9.99. The lowest BCUT2D eigenvalue weighted by Gasteiger charge is -2.11. The van der Waals surface area contributed by atoms with E-state index >= 15 is 0 Å². The molecule has 0 fully saturated rings. The molecule has 3 heteroatoms. The van der Waals surface area contributed by atoms with E-state index in [1.54, 1.807) is 0 Å². The minimum atomic E-state index is -0.529. The normalized spacial score (nSPS) is 17.8. The molecular weight excluding hydrogens is 166 g/mol. The van der Waals surface area contributed by atoms with Crippen LogP contribution in [0.3, 0.4) is 0 Å². The standard InChI is InChI=1S/C10H15NO2/c1-13-10(12)9(11)7-8-5-3-2-4-6-8/h3,5-6,9H,2,4,7,11H2,1H3. The van der Waals surface area contributed by atoms with Crippen LogP contribution in [0.25, 0.3) is 0 Å². The summed E-state index contributed by atoms with van der Waals surface area (Å²) < 4.78 is 4.54. The molecule has 1 atom stereocenters. The molecule has 72 valence electrons. The Morgan fingerprint density at radius 2 is 2.46 bits per heavy atom. The van der Waals surface area contributed by atoms with Crippen LogP contribution in [0.4, 0.5) is 0 Å². The maximum atomic E-state index is 11.0. The maximum Gasteiger partial charge on any atom is 0.322 e. The summed E-state index contributed by atoms with van der Waals surface area (Å²) in [6, 6.07) is -0.529. The lowest BCUT2D eigenvalue weighted by molar-refractivity contribution is -0.142. The van der Waals surface area contributed by atoms with Gasteiger partial charge in [0.15, 0.2) is 0 Å². The summed E-state index contributed by atoms with van der Waals surface area (Å²) in [7, 11) is 1.35. The Hall–Kier alpha value is -1.09. The highest BCUT2D eigenvalue weighted by Gasteiger charge is 2.14. The monoisotopic (exact) mass is 181 g/mol. The number of carbonyl (C=O) groups excluding carboxylic acids is 1. The van der Waals surface area contributed by atoms with E-state index in [1.165, 1.54) is 7.11 Å². The Balaban J connectivity index is 2.43. The van der Waals surface area contributed by atoms with E-state index in [1.807, 2.05) is 6.08 Å². The van der Waals surface area contributed by atoms with Crippen LogP contribution >= 0.6 is 0 Å². The second-order valence-electron chi connectivity index (χ2n) is 3.09. The Kier molecular flexibility index (Phi) is 3.71. The van der Waals surface area contributed by atoms with Crippen molar-refractivity contribution < 1.29 is 9.53 Å². The molecule has 1 aliphatic carbocycles. The van der Waals surface area contributed by atoms with E-state index in [4.69, 9.17) is 5.73 Å². The minimum absolute atomic E-state index is 0.347. The number of methoxy groups -OCH3 is 1. The van der Waals surface area contributed by atoms with Crippen LogP contribution in [0.15, 0.2) is 23.8 Å². The molecule has 1 unspecified atom stereocenters. The summed E-state index contributed by atoms with van der Waals surface area (Å²) in [5.41, 5.74) is 6.74. The van der Waals surface area contributed by atoms with Crippen molar-refractivity contribution in [2.24, 2.45) is 5.73 Å². The predicted molar refractivity (Wildman–Crippen MR) is 51.1 cm³/mol. The zero-order valence-electron chi connectivity index (χ0n) is 7.82. The number of nitrogens with two attached hydrogens (primary N) is 1. The van der Waals surface area contributed by atoms with Crippen LogP contribution in [-0.2, 0) is 9.53 Å². The number of ether oxygens (including phenoxy) is 1. The van der Waals surface area contributed by atoms with Crippen molar-refractivity contribution in [3.63, 3.8) is 0 Å². The van der Waals surface area contributed by atoms with Gasteiger partial charge in [-0.2, -0.15) is 0 Å². The number of carbonyl (C=O) groups is 1. The third kappa shape index (κ3) is 3.03. The summed E-state index contributed by atoms with van der Waals surface area (Å²) in [5, 5.41) is 0. The zero-order valence-corrected chi connectivity index (χ0v) is 7.82. The molecule has 0 aromatic rings. The highest BCUT2D eigenvalue weighted by Crippen LogP contribution is 2.14. The molecule has 0 bridgehead atoms. The third-order valence-corrected chi connectivity index (χ3v) is 2.03. The summed E-state index contributed by atoms with van der Waals surface area (Å²) in [6.07, 6.45) is 8.92. The van der Waals surface area contributed by atoms with Crippen molar-refractivity contribution in [2.75, 3.05) is 7.11 Å². The minimum Gasteiger partial charge on any atom is -0.468 e. The SMILES string of the molecule is COC(=O)C(N)CC1=CCCC=C1. The molecule has 2 N–H and O–H groups in total. The van der Waals surface area contributed by atoms with Gasteiger partial charge in [0, 0.05) is 0 Å². The third-order valence-electron chi connectivity index (χ3n) is 2.03. The molecule has 0 saturated heterocycles. The molecular formula is C10H15NO2. The van der Waals surface area contributed by atoms with Gasteiger partial charge in [0.05, 0.1) is 7.11 Å². The fourth-order valence-electron chi connectivity index (χ4n) is 1.31. The number of hydrogen-bond acceptors (Lipinski definition) is 3. The van der Waals surface area contributed by atoms with Gasteiger partial charge < -0.3 is 10.5 Å². The van der Waals surface area contributed by atoms with Crippen LogP contribution < -0.4 is 5.73 Å². The lowest BCUT2D eigenvalue weighted by Crippen LogP contribution is -2.31. The van der Waals surface area contributed by atoms with E-state index in [0.717, 1.165) is 18.4 Å². The van der Waals surface area contributed by atoms with E-state index in [-0.39, 0.29) is 5.97 Å². The molecule has 0 aromatic heterocycles. The van der Waals surface area contributed by atoms with Gasteiger partial charge in [0.1, 0.15) is 6.04 Å². The highest BCUT2D eigenvalue weighted by atomic mass is 16.5. The van der Waals surface area contributed by atoms with Crippen molar-refractivity contribution in [1.29, 1.82) is 0 Å². The molecule has 0 saturated carbocycles. The van der Waals surface area contributed by atoms with Gasteiger partial charge in [-0.25, -0.2) is 0 Å². The zero-order chi connectivity index (χ0) is 9.68. The first-order chi connectivity index (χ1) is 6.24.